The molecule has 0 atom stereocenters. The molecule has 3 rings (SSSR count). The third-order valence-corrected chi connectivity index (χ3v) is 4.01. The van der Waals surface area contributed by atoms with Gasteiger partial charge in [-0.2, -0.15) is 0 Å². The van der Waals surface area contributed by atoms with E-state index in [1.807, 2.05) is 30.3 Å². The molecule has 112 valence electrons. The molecule has 0 saturated carbocycles. The maximum absolute atomic E-state index is 6.11. The predicted molar refractivity (Wildman–Crippen MR) is 96.3 cm³/mol. The van der Waals surface area contributed by atoms with Gasteiger partial charge in [0.05, 0.1) is 23.1 Å². The van der Waals surface area contributed by atoms with Crippen molar-refractivity contribution in [3.8, 4) is 0 Å². The van der Waals surface area contributed by atoms with Crippen molar-refractivity contribution in [2.45, 2.75) is 6.42 Å². The summed E-state index contributed by atoms with van der Waals surface area (Å²) in [5, 5.41) is 4.38. The standard InChI is InChI=1S/C17H17BrN4/c18-12-3-6-16-14(9-12)17(15(20)10-21-16)22-13-4-1-11(2-5-13)7-8-19/h1-6,9-10H,7-8,19-20H2,(H,21,22). The summed E-state index contributed by atoms with van der Waals surface area (Å²) in [5.74, 6) is 0. The van der Waals surface area contributed by atoms with E-state index >= 15 is 0 Å². The van der Waals surface area contributed by atoms with Crippen molar-refractivity contribution in [1.82, 2.24) is 4.98 Å². The van der Waals surface area contributed by atoms with Crippen LogP contribution in [-0.4, -0.2) is 11.5 Å². The second kappa shape index (κ2) is 6.34. The van der Waals surface area contributed by atoms with Gasteiger partial charge in [-0.25, -0.2) is 0 Å². The number of hydrogen-bond acceptors (Lipinski definition) is 4. The Morgan fingerprint density at radius 1 is 1.09 bits per heavy atom. The van der Waals surface area contributed by atoms with Crippen LogP contribution in [0.3, 0.4) is 0 Å². The Labute approximate surface area is 137 Å². The minimum atomic E-state index is 0.622. The molecule has 5 N–H and O–H groups in total. The molecule has 5 heteroatoms. The maximum atomic E-state index is 6.11. The molecule has 3 aromatic rings. The van der Waals surface area contributed by atoms with Gasteiger partial charge in [0.15, 0.2) is 0 Å². The molecule has 4 nitrogen and oxygen atoms in total. The predicted octanol–water partition coefficient (Wildman–Crippen LogP) is 3.82. The number of rotatable bonds is 4. The van der Waals surface area contributed by atoms with Crippen LogP contribution in [0.4, 0.5) is 17.1 Å². The van der Waals surface area contributed by atoms with E-state index in [2.05, 4.69) is 38.4 Å². The number of benzene rings is 2. The van der Waals surface area contributed by atoms with E-state index in [4.69, 9.17) is 11.5 Å². The van der Waals surface area contributed by atoms with Crippen molar-refractivity contribution in [1.29, 1.82) is 0 Å². The van der Waals surface area contributed by atoms with Crippen molar-refractivity contribution in [3.05, 3.63) is 58.7 Å². The lowest BCUT2D eigenvalue weighted by atomic mass is 10.1. The summed E-state index contributed by atoms with van der Waals surface area (Å²) in [4.78, 5) is 4.36. The lowest BCUT2D eigenvalue weighted by Crippen LogP contribution is -2.03. The number of anilines is 3. The quantitative estimate of drug-likeness (QED) is 0.663. The summed E-state index contributed by atoms with van der Waals surface area (Å²) in [7, 11) is 0. The molecule has 0 bridgehead atoms. The van der Waals surface area contributed by atoms with E-state index in [1.54, 1.807) is 6.20 Å². The lowest BCUT2D eigenvalue weighted by Gasteiger charge is -2.13. The average molecular weight is 357 g/mol. The fraction of sp³-hybridized carbons (Fsp3) is 0.118. The molecule has 0 fully saturated rings. The summed E-state index contributed by atoms with van der Waals surface area (Å²) in [6.07, 6.45) is 2.56. The Bertz CT molecular complexity index is 794. The number of nitrogens with one attached hydrogen (secondary N) is 1. The van der Waals surface area contributed by atoms with E-state index in [1.165, 1.54) is 5.56 Å². The first-order chi connectivity index (χ1) is 10.7. The first-order valence-corrected chi connectivity index (χ1v) is 7.86. The van der Waals surface area contributed by atoms with Crippen LogP contribution in [-0.2, 0) is 6.42 Å². The summed E-state index contributed by atoms with van der Waals surface area (Å²) in [6, 6.07) is 14.2. The zero-order chi connectivity index (χ0) is 15.5. The SMILES string of the molecule is NCCc1ccc(Nc2c(N)cnc3ccc(Br)cc23)cc1. The van der Waals surface area contributed by atoms with Crippen molar-refractivity contribution in [3.63, 3.8) is 0 Å². The fourth-order valence-electron chi connectivity index (χ4n) is 2.39. The van der Waals surface area contributed by atoms with Gasteiger partial charge in [0.25, 0.3) is 0 Å². The highest BCUT2D eigenvalue weighted by Gasteiger charge is 2.08. The van der Waals surface area contributed by atoms with Crippen LogP contribution in [0.15, 0.2) is 53.1 Å². The molecule has 2 aromatic carbocycles. The maximum Gasteiger partial charge on any atom is 0.0746 e. The Kier molecular flexibility index (Phi) is 4.27. The van der Waals surface area contributed by atoms with Gasteiger partial charge in [-0.3, -0.25) is 4.98 Å². The minimum absolute atomic E-state index is 0.622. The Balaban J connectivity index is 1.99. The monoisotopic (exact) mass is 356 g/mol. The molecule has 0 aliphatic heterocycles. The zero-order valence-corrected chi connectivity index (χ0v) is 13.6. The van der Waals surface area contributed by atoms with Gasteiger partial charge in [-0.05, 0) is 48.9 Å². The fourth-order valence-corrected chi connectivity index (χ4v) is 2.75. The summed E-state index contributed by atoms with van der Waals surface area (Å²) < 4.78 is 0.994. The number of nitrogen functional groups attached to an aromatic ring is 1. The highest BCUT2D eigenvalue weighted by atomic mass is 79.9. The van der Waals surface area contributed by atoms with E-state index in [0.29, 0.717) is 12.2 Å². The van der Waals surface area contributed by atoms with Gasteiger partial charge in [0, 0.05) is 15.5 Å². The zero-order valence-electron chi connectivity index (χ0n) is 12.0. The van der Waals surface area contributed by atoms with Crippen molar-refractivity contribution in [2.75, 3.05) is 17.6 Å². The molecule has 0 radical (unpaired) electrons. The topological polar surface area (TPSA) is 77.0 Å². The Hall–Kier alpha value is -2.11. The highest BCUT2D eigenvalue weighted by molar-refractivity contribution is 9.10. The first kappa shape index (κ1) is 14.8. The number of fused-ring (bicyclic) bond motifs is 1. The highest BCUT2D eigenvalue weighted by Crippen LogP contribution is 2.32. The largest absolute Gasteiger partial charge is 0.396 e. The summed E-state index contributed by atoms with van der Waals surface area (Å²) in [5.41, 5.74) is 16.3. The van der Waals surface area contributed by atoms with Crippen LogP contribution in [0.2, 0.25) is 0 Å². The van der Waals surface area contributed by atoms with Crippen molar-refractivity contribution in [2.24, 2.45) is 5.73 Å². The van der Waals surface area contributed by atoms with Crippen LogP contribution < -0.4 is 16.8 Å². The molecular formula is C17H17BrN4. The third-order valence-electron chi connectivity index (χ3n) is 3.52. The molecule has 0 unspecified atom stereocenters. The molecule has 1 heterocycles. The van der Waals surface area contributed by atoms with Crippen LogP contribution in [0.25, 0.3) is 10.9 Å². The van der Waals surface area contributed by atoms with E-state index in [-0.39, 0.29) is 0 Å². The van der Waals surface area contributed by atoms with Crippen LogP contribution >= 0.6 is 15.9 Å². The van der Waals surface area contributed by atoms with E-state index in [9.17, 15) is 0 Å². The minimum Gasteiger partial charge on any atom is -0.396 e. The van der Waals surface area contributed by atoms with Gasteiger partial charge >= 0.3 is 0 Å². The number of aromatic nitrogens is 1. The van der Waals surface area contributed by atoms with Crippen LogP contribution in [0.5, 0.6) is 0 Å². The van der Waals surface area contributed by atoms with Gasteiger partial charge in [-0.1, -0.05) is 28.1 Å². The average Bonchev–Trinajstić information content (AvgIpc) is 2.52. The molecule has 0 spiro atoms. The van der Waals surface area contributed by atoms with Crippen molar-refractivity contribution < 1.29 is 0 Å². The Morgan fingerprint density at radius 2 is 1.86 bits per heavy atom. The van der Waals surface area contributed by atoms with E-state index in [0.717, 1.165) is 33.2 Å². The molecule has 0 aliphatic carbocycles. The molecule has 22 heavy (non-hydrogen) atoms. The number of pyridine rings is 1. The summed E-state index contributed by atoms with van der Waals surface area (Å²) >= 11 is 3.50. The number of nitrogens with two attached hydrogens (primary N) is 2. The van der Waals surface area contributed by atoms with Crippen molar-refractivity contribution >= 4 is 43.9 Å². The molecule has 0 aliphatic rings. The van der Waals surface area contributed by atoms with E-state index < -0.39 is 0 Å². The number of nitrogens with zero attached hydrogens (tertiary/aromatic N) is 1. The number of hydrogen-bond donors (Lipinski definition) is 3. The van der Waals surface area contributed by atoms with Gasteiger partial charge in [0.1, 0.15) is 0 Å². The molecule has 0 saturated heterocycles. The molecule has 0 amide bonds. The third kappa shape index (κ3) is 3.05. The number of halogens is 1. The van der Waals surface area contributed by atoms with Gasteiger partial charge in [-0.15, -0.1) is 0 Å². The Morgan fingerprint density at radius 3 is 2.59 bits per heavy atom. The molecular weight excluding hydrogens is 340 g/mol. The second-order valence-corrected chi connectivity index (χ2v) is 6.03. The lowest BCUT2D eigenvalue weighted by molar-refractivity contribution is 0.969. The summed E-state index contributed by atoms with van der Waals surface area (Å²) in [6.45, 7) is 0.655. The molecule has 1 aromatic heterocycles. The van der Waals surface area contributed by atoms with Gasteiger partial charge in [0.2, 0.25) is 0 Å². The van der Waals surface area contributed by atoms with Crippen LogP contribution in [0, 0.1) is 0 Å². The smallest absolute Gasteiger partial charge is 0.0746 e. The van der Waals surface area contributed by atoms with Crippen LogP contribution in [0.1, 0.15) is 5.56 Å². The second-order valence-electron chi connectivity index (χ2n) is 5.11. The van der Waals surface area contributed by atoms with Gasteiger partial charge < -0.3 is 16.8 Å². The first-order valence-electron chi connectivity index (χ1n) is 7.07. The normalized spacial score (nSPS) is 10.8.